The molecule has 1 aromatic rings. The van der Waals surface area contributed by atoms with Crippen LogP contribution in [0.2, 0.25) is 0 Å². The van der Waals surface area contributed by atoms with Gasteiger partial charge in [0.25, 0.3) is 0 Å². The molecular formula is C13H20N2O2S. The molecule has 1 aliphatic carbocycles. The first-order valence-corrected chi connectivity index (χ1v) is 7.79. The second-order valence-corrected chi connectivity index (χ2v) is 6.75. The zero-order valence-electron chi connectivity index (χ0n) is 10.8. The molecule has 0 heterocycles. The van der Waals surface area contributed by atoms with Gasteiger partial charge in [-0.3, -0.25) is 0 Å². The Kier molecular flexibility index (Phi) is 3.92. The smallest absolute Gasteiger partial charge is 0.242 e. The van der Waals surface area contributed by atoms with Crippen LogP contribution in [0.1, 0.15) is 19.8 Å². The fourth-order valence-corrected chi connectivity index (χ4v) is 2.97. The van der Waals surface area contributed by atoms with Gasteiger partial charge in [0.2, 0.25) is 10.0 Å². The molecule has 0 spiro atoms. The summed E-state index contributed by atoms with van der Waals surface area (Å²) in [6.45, 7) is 3.03. The molecule has 1 saturated carbocycles. The molecule has 1 fully saturated rings. The number of para-hydroxylation sites is 1. The Bertz CT molecular complexity index is 509. The zero-order valence-corrected chi connectivity index (χ0v) is 11.6. The lowest BCUT2D eigenvalue weighted by molar-refractivity contribution is 0.536. The summed E-state index contributed by atoms with van der Waals surface area (Å²) in [7, 11) is -1.96. The van der Waals surface area contributed by atoms with Gasteiger partial charge in [0.15, 0.2) is 0 Å². The van der Waals surface area contributed by atoms with Crippen molar-refractivity contribution in [3.63, 3.8) is 0 Å². The SMILES string of the molecule is CNS(=O)(=O)c1ccccc1NCC(C)C1CC1. The Morgan fingerprint density at radius 3 is 2.61 bits per heavy atom. The van der Waals surface area contributed by atoms with Crippen molar-refractivity contribution < 1.29 is 8.42 Å². The highest BCUT2D eigenvalue weighted by Gasteiger charge is 2.27. The van der Waals surface area contributed by atoms with Crippen molar-refractivity contribution in [3.8, 4) is 0 Å². The third-order valence-electron chi connectivity index (χ3n) is 3.49. The van der Waals surface area contributed by atoms with Crippen LogP contribution < -0.4 is 10.0 Å². The van der Waals surface area contributed by atoms with Crippen LogP contribution in [0, 0.1) is 11.8 Å². The van der Waals surface area contributed by atoms with Crippen molar-refractivity contribution in [2.45, 2.75) is 24.7 Å². The minimum absolute atomic E-state index is 0.315. The van der Waals surface area contributed by atoms with Gasteiger partial charge in [0, 0.05) is 6.54 Å². The predicted molar refractivity (Wildman–Crippen MR) is 73.1 cm³/mol. The van der Waals surface area contributed by atoms with Gasteiger partial charge in [-0.25, -0.2) is 13.1 Å². The summed E-state index contributed by atoms with van der Waals surface area (Å²) in [6, 6.07) is 7.01. The first-order valence-electron chi connectivity index (χ1n) is 6.31. The van der Waals surface area contributed by atoms with Gasteiger partial charge >= 0.3 is 0 Å². The third kappa shape index (κ3) is 3.03. The summed E-state index contributed by atoms with van der Waals surface area (Å²) in [4.78, 5) is 0.315. The molecule has 2 N–H and O–H groups in total. The predicted octanol–water partition coefficient (Wildman–Crippen LogP) is 2.05. The maximum Gasteiger partial charge on any atom is 0.242 e. The van der Waals surface area contributed by atoms with Crippen molar-refractivity contribution in [1.29, 1.82) is 0 Å². The molecule has 1 aliphatic rings. The Labute approximate surface area is 109 Å². The van der Waals surface area contributed by atoms with Crippen LogP contribution in [0.4, 0.5) is 5.69 Å². The van der Waals surface area contributed by atoms with Crippen molar-refractivity contribution in [1.82, 2.24) is 4.72 Å². The summed E-state index contributed by atoms with van der Waals surface area (Å²) >= 11 is 0. The highest BCUT2D eigenvalue weighted by molar-refractivity contribution is 7.89. The molecule has 0 saturated heterocycles. The first-order chi connectivity index (χ1) is 8.54. The Morgan fingerprint density at radius 1 is 1.33 bits per heavy atom. The summed E-state index contributed by atoms with van der Waals surface area (Å²) in [6.07, 6.45) is 2.61. The monoisotopic (exact) mass is 268 g/mol. The second-order valence-electron chi connectivity index (χ2n) is 4.90. The molecule has 1 unspecified atom stereocenters. The van der Waals surface area contributed by atoms with E-state index in [0.29, 0.717) is 16.5 Å². The molecule has 0 amide bonds. The number of benzene rings is 1. The van der Waals surface area contributed by atoms with Crippen molar-refractivity contribution in [2.75, 3.05) is 18.9 Å². The van der Waals surface area contributed by atoms with Gasteiger partial charge in [-0.15, -0.1) is 0 Å². The third-order valence-corrected chi connectivity index (χ3v) is 4.96. The maximum atomic E-state index is 11.9. The van der Waals surface area contributed by atoms with Gasteiger partial charge in [0.1, 0.15) is 4.90 Å². The first kappa shape index (κ1) is 13.4. The van der Waals surface area contributed by atoms with Crippen LogP contribution >= 0.6 is 0 Å². The fraction of sp³-hybridized carbons (Fsp3) is 0.538. The van der Waals surface area contributed by atoms with E-state index in [1.54, 1.807) is 12.1 Å². The molecule has 100 valence electrons. The van der Waals surface area contributed by atoms with Crippen molar-refractivity contribution >= 4 is 15.7 Å². The molecule has 1 atom stereocenters. The summed E-state index contributed by atoms with van der Waals surface area (Å²) < 4.78 is 26.1. The Balaban J connectivity index is 2.12. The molecule has 0 bridgehead atoms. The Morgan fingerprint density at radius 2 is 2.00 bits per heavy atom. The second kappa shape index (κ2) is 5.28. The van der Waals surface area contributed by atoms with Crippen LogP contribution in [0.15, 0.2) is 29.2 Å². The van der Waals surface area contributed by atoms with Crippen LogP contribution in [-0.4, -0.2) is 22.0 Å². The van der Waals surface area contributed by atoms with Gasteiger partial charge in [-0.05, 0) is 43.9 Å². The van der Waals surface area contributed by atoms with E-state index in [4.69, 9.17) is 0 Å². The van der Waals surface area contributed by atoms with Gasteiger partial charge in [-0.2, -0.15) is 0 Å². The largest absolute Gasteiger partial charge is 0.384 e. The van der Waals surface area contributed by atoms with E-state index in [9.17, 15) is 8.42 Å². The molecule has 0 aromatic heterocycles. The number of anilines is 1. The number of hydrogen-bond acceptors (Lipinski definition) is 3. The van der Waals surface area contributed by atoms with Crippen molar-refractivity contribution in [2.24, 2.45) is 11.8 Å². The summed E-state index contributed by atoms with van der Waals surface area (Å²) in [5.74, 6) is 1.40. The highest BCUT2D eigenvalue weighted by atomic mass is 32.2. The number of sulfonamides is 1. The van der Waals surface area contributed by atoms with Crippen LogP contribution in [0.5, 0.6) is 0 Å². The quantitative estimate of drug-likeness (QED) is 0.830. The molecule has 0 radical (unpaired) electrons. The van der Waals surface area contributed by atoms with Gasteiger partial charge in [-0.1, -0.05) is 19.1 Å². The average molecular weight is 268 g/mol. The van der Waals surface area contributed by atoms with E-state index in [1.165, 1.54) is 19.9 Å². The number of nitrogens with one attached hydrogen (secondary N) is 2. The minimum atomic E-state index is -3.39. The van der Waals surface area contributed by atoms with E-state index in [2.05, 4.69) is 17.0 Å². The zero-order chi connectivity index (χ0) is 13.2. The molecule has 18 heavy (non-hydrogen) atoms. The normalized spacial score (nSPS) is 17.4. The van der Waals surface area contributed by atoms with Crippen LogP contribution in [-0.2, 0) is 10.0 Å². The lowest BCUT2D eigenvalue weighted by Gasteiger charge is -2.15. The van der Waals surface area contributed by atoms with E-state index in [0.717, 1.165) is 12.5 Å². The van der Waals surface area contributed by atoms with Crippen LogP contribution in [0.3, 0.4) is 0 Å². The molecule has 0 aliphatic heterocycles. The number of rotatable bonds is 6. The molecule has 5 heteroatoms. The molecular weight excluding hydrogens is 248 g/mol. The topological polar surface area (TPSA) is 58.2 Å². The highest BCUT2D eigenvalue weighted by Crippen LogP contribution is 2.36. The molecule has 2 rings (SSSR count). The van der Waals surface area contributed by atoms with Crippen LogP contribution in [0.25, 0.3) is 0 Å². The van der Waals surface area contributed by atoms with Crippen molar-refractivity contribution in [3.05, 3.63) is 24.3 Å². The van der Waals surface area contributed by atoms with Gasteiger partial charge < -0.3 is 5.32 Å². The maximum absolute atomic E-state index is 11.9. The fourth-order valence-electron chi connectivity index (χ4n) is 2.06. The number of hydrogen-bond donors (Lipinski definition) is 2. The van der Waals surface area contributed by atoms with E-state index in [-0.39, 0.29) is 0 Å². The summed E-state index contributed by atoms with van der Waals surface area (Å²) in [5, 5.41) is 3.26. The average Bonchev–Trinajstić information content (AvgIpc) is 3.20. The van der Waals surface area contributed by atoms with E-state index in [1.807, 2.05) is 12.1 Å². The lowest BCUT2D eigenvalue weighted by Crippen LogP contribution is -2.21. The molecule has 1 aromatic carbocycles. The Hall–Kier alpha value is -1.07. The lowest BCUT2D eigenvalue weighted by atomic mass is 10.1. The van der Waals surface area contributed by atoms with E-state index < -0.39 is 10.0 Å². The summed E-state index contributed by atoms with van der Waals surface area (Å²) in [5.41, 5.74) is 0.680. The van der Waals surface area contributed by atoms with E-state index >= 15 is 0 Å². The standard InChI is InChI=1S/C13H20N2O2S/c1-10(11-7-8-11)9-15-12-5-3-4-6-13(12)18(16,17)14-2/h3-6,10-11,14-15H,7-9H2,1-2H3. The molecule has 4 nitrogen and oxygen atoms in total. The van der Waals surface area contributed by atoms with Gasteiger partial charge in [0.05, 0.1) is 5.69 Å². The minimum Gasteiger partial charge on any atom is -0.384 e.